The third-order valence-corrected chi connectivity index (χ3v) is 1.59. The molecule has 10 heavy (non-hydrogen) atoms. The number of carboxylic acid groups (broad SMARTS) is 1. The van der Waals surface area contributed by atoms with Gasteiger partial charge in [0.15, 0.2) is 0 Å². The van der Waals surface area contributed by atoms with Crippen LogP contribution in [-0.2, 0) is 4.79 Å². The molecule has 0 heterocycles. The first kappa shape index (κ1) is 13.6. The van der Waals surface area contributed by atoms with Crippen LogP contribution in [0, 0.1) is 0 Å². The molecule has 0 aliphatic carbocycles. The molecule has 0 saturated carbocycles. The van der Waals surface area contributed by atoms with Crippen molar-refractivity contribution in [3.63, 3.8) is 0 Å². The summed E-state index contributed by atoms with van der Waals surface area (Å²) in [5, 5.41) is 8.27. The molecule has 58 valence electrons. The van der Waals surface area contributed by atoms with Crippen molar-refractivity contribution in [2.75, 3.05) is 12.0 Å². The Morgan fingerprint density at radius 2 is 2.40 bits per heavy atom. The molecule has 3 N–H and O–H groups in total. The minimum Gasteiger partial charge on any atom is -1.00 e. The topological polar surface area (TPSA) is 63.3 Å². The predicted octanol–water partition coefficient (Wildman–Crippen LogP) is -0.00440. The minimum atomic E-state index is -0.913. The van der Waals surface area contributed by atoms with Crippen molar-refractivity contribution in [2.24, 2.45) is 5.73 Å². The van der Waals surface area contributed by atoms with Crippen molar-refractivity contribution in [3.8, 4) is 0 Å². The van der Waals surface area contributed by atoms with Crippen LogP contribution in [-0.4, -0.2) is 66.9 Å². The SMILES string of the molecule is CSCC[C@H](N)C(=O)O.[Ca+2].[H-].[H-]. The molecular weight excluding hydrogens is 178 g/mol. The molecule has 0 aromatic heterocycles. The maximum atomic E-state index is 10.1. The van der Waals surface area contributed by atoms with Crippen LogP contribution in [0.3, 0.4) is 0 Å². The standard InChI is InChI=1S/C5H11NO2S.Ca.2H/c1-9-3-2-4(6)5(7)8;;;/h4H,2-3,6H2,1H3,(H,7,8);;;/q;+2;2*-1/t4-;;;/m0.../s1. The number of rotatable bonds is 4. The third kappa shape index (κ3) is 7.15. The molecule has 5 heteroatoms. The van der Waals surface area contributed by atoms with Crippen molar-refractivity contribution in [3.05, 3.63) is 0 Å². The van der Waals surface area contributed by atoms with Gasteiger partial charge in [0.2, 0.25) is 0 Å². The number of nitrogens with two attached hydrogens (primary N) is 1. The van der Waals surface area contributed by atoms with Gasteiger partial charge in [0, 0.05) is 0 Å². The van der Waals surface area contributed by atoms with Gasteiger partial charge in [-0.3, -0.25) is 4.79 Å². The van der Waals surface area contributed by atoms with Crippen molar-refractivity contribution < 1.29 is 12.8 Å². The largest absolute Gasteiger partial charge is 2.00 e. The molecule has 0 amide bonds. The average molecular weight is 191 g/mol. The van der Waals surface area contributed by atoms with E-state index >= 15 is 0 Å². The van der Waals surface area contributed by atoms with E-state index in [-0.39, 0.29) is 40.6 Å². The monoisotopic (exact) mass is 191 g/mol. The number of hydrogen-bond donors (Lipinski definition) is 2. The van der Waals surface area contributed by atoms with Gasteiger partial charge in [-0.05, 0) is 18.4 Å². The summed E-state index contributed by atoms with van der Waals surface area (Å²) >= 11 is 1.60. The zero-order chi connectivity index (χ0) is 7.28. The van der Waals surface area contributed by atoms with Crippen LogP contribution in [0.25, 0.3) is 0 Å². The molecule has 0 fully saturated rings. The fraction of sp³-hybridized carbons (Fsp3) is 0.800. The Morgan fingerprint density at radius 3 is 2.70 bits per heavy atom. The van der Waals surface area contributed by atoms with Crippen LogP contribution in [0.5, 0.6) is 0 Å². The van der Waals surface area contributed by atoms with E-state index in [1.807, 2.05) is 6.26 Å². The van der Waals surface area contributed by atoms with E-state index in [2.05, 4.69) is 0 Å². The summed E-state index contributed by atoms with van der Waals surface area (Å²) in [7, 11) is 0. The van der Waals surface area contributed by atoms with Gasteiger partial charge >= 0.3 is 43.7 Å². The molecule has 0 aromatic carbocycles. The van der Waals surface area contributed by atoms with Crippen LogP contribution < -0.4 is 5.73 Å². The van der Waals surface area contributed by atoms with Gasteiger partial charge in [0.05, 0.1) is 0 Å². The Balaban J connectivity index is -0.000000107. The second-order valence-corrected chi connectivity index (χ2v) is 2.71. The molecule has 1 atom stereocenters. The molecule has 0 aliphatic rings. The van der Waals surface area contributed by atoms with Gasteiger partial charge in [-0.2, -0.15) is 11.8 Å². The Bertz CT molecular complexity index is 109. The molecule has 0 saturated heterocycles. The fourth-order valence-corrected chi connectivity index (χ4v) is 0.858. The van der Waals surface area contributed by atoms with E-state index in [9.17, 15) is 4.79 Å². The number of thioether (sulfide) groups is 1. The molecule has 0 aromatic rings. The molecule has 3 nitrogen and oxygen atoms in total. The summed E-state index contributed by atoms with van der Waals surface area (Å²) in [6.07, 6.45) is 2.48. The summed E-state index contributed by atoms with van der Waals surface area (Å²) in [5.41, 5.74) is 5.19. The van der Waals surface area contributed by atoms with Crippen LogP contribution >= 0.6 is 11.8 Å². The Labute approximate surface area is 97.7 Å². The Kier molecular flexibility index (Phi) is 11.1. The van der Waals surface area contributed by atoms with Crippen LogP contribution in [0.4, 0.5) is 0 Å². The van der Waals surface area contributed by atoms with Crippen molar-refractivity contribution in [1.82, 2.24) is 0 Å². The summed E-state index contributed by atoms with van der Waals surface area (Å²) in [6, 6.07) is -0.683. The average Bonchev–Trinajstić information content (AvgIpc) is 1.82. The number of carbonyl (C=O) groups is 1. The molecule has 0 rings (SSSR count). The molecule has 0 unspecified atom stereocenters. The van der Waals surface area contributed by atoms with Crippen LogP contribution in [0.15, 0.2) is 0 Å². The zero-order valence-electron chi connectivity index (χ0n) is 8.04. The van der Waals surface area contributed by atoms with E-state index in [1.165, 1.54) is 0 Å². The van der Waals surface area contributed by atoms with E-state index in [0.717, 1.165) is 5.75 Å². The van der Waals surface area contributed by atoms with E-state index in [0.29, 0.717) is 6.42 Å². The maximum Gasteiger partial charge on any atom is 2.00 e. The number of carboxylic acids is 1. The molecule has 0 spiro atoms. The summed E-state index contributed by atoms with van der Waals surface area (Å²) < 4.78 is 0. The minimum absolute atomic E-state index is 0. The summed E-state index contributed by atoms with van der Waals surface area (Å²) in [4.78, 5) is 10.1. The van der Waals surface area contributed by atoms with Gasteiger partial charge < -0.3 is 13.7 Å². The van der Waals surface area contributed by atoms with E-state index in [4.69, 9.17) is 10.8 Å². The quantitative estimate of drug-likeness (QED) is 0.614. The Hall–Kier alpha value is 1.04. The van der Waals surface area contributed by atoms with Gasteiger partial charge in [-0.15, -0.1) is 0 Å². The summed E-state index contributed by atoms with van der Waals surface area (Å²) in [6.45, 7) is 0. The number of hydrogen-bond acceptors (Lipinski definition) is 3. The smallest absolute Gasteiger partial charge is 1.00 e. The maximum absolute atomic E-state index is 10.1. The summed E-state index contributed by atoms with van der Waals surface area (Å²) in [5.74, 6) is -0.1000. The zero-order valence-corrected chi connectivity index (χ0v) is 9.06. The molecule has 0 bridgehead atoms. The van der Waals surface area contributed by atoms with Gasteiger partial charge in [0.1, 0.15) is 6.04 Å². The predicted molar refractivity (Wildman–Crippen MR) is 46.6 cm³/mol. The van der Waals surface area contributed by atoms with E-state index < -0.39 is 12.0 Å². The van der Waals surface area contributed by atoms with Crippen LogP contribution in [0.1, 0.15) is 9.27 Å². The van der Waals surface area contributed by atoms with E-state index in [1.54, 1.807) is 11.8 Å². The van der Waals surface area contributed by atoms with Gasteiger partial charge in [0.25, 0.3) is 0 Å². The van der Waals surface area contributed by atoms with Gasteiger partial charge in [-0.1, -0.05) is 0 Å². The fourth-order valence-electron chi connectivity index (χ4n) is 0.368. The van der Waals surface area contributed by atoms with Crippen molar-refractivity contribution >= 4 is 55.5 Å². The Morgan fingerprint density at radius 1 is 1.90 bits per heavy atom. The second-order valence-electron chi connectivity index (χ2n) is 1.73. The van der Waals surface area contributed by atoms with Gasteiger partial charge in [-0.25, -0.2) is 0 Å². The first-order valence-electron chi connectivity index (χ1n) is 2.65. The molecular formula is C5H13CaNO2S. The number of aliphatic carboxylic acids is 1. The van der Waals surface area contributed by atoms with Crippen molar-refractivity contribution in [1.29, 1.82) is 0 Å². The third-order valence-electron chi connectivity index (χ3n) is 0.950. The van der Waals surface area contributed by atoms with Crippen LogP contribution in [0.2, 0.25) is 0 Å². The normalized spacial score (nSPS) is 11.8. The molecule has 0 aliphatic heterocycles. The second kappa shape index (κ2) is 8.14. The first-order chi connectivity index (χ1) is 4.18. The first-order valence-corrected chi connectivity index (χ1v) is 4.05. The molecule has 0 radical (unpaired) electrons. The van der Waals surface area contributed by atoms with Crippen molar-refractivity contribution in [2.45, 2.75) is 12.5 Å².